The second kappa shape index (κ2) is 5.52. The summed E-state index contributed by atoms with van der Waals surface area (Å²) in [6, 6.07) is 0. The van der Waals surface area contributed by atoms with Gasteiger partial charge in [-0.05, 0) is 31.7 Å². The highest BCUT2D eigenvalue weighted by atomic mass is 16.1. The van der Waals surface area contributed by atoms with E-state index >= 15 is 0 Å². The Kier molecular flexibility index (Phi) is 4.01. The second-order valence-corrected chi connectivity index (χ2v) is 5.13. The van der Waals surface area contributed by atoms with Crippen LogP contribution in [0.5, 0.6) is 0 Å². The lowest BCUT2D eigenvalue weighted by atomic mass is 9.86. The van der Waals surface area contributed by atoms with Crippen LogP contribution in [0, 0.1) is 5.41 Å². The summed E-state index contributed by atoms with van der Waals surface area (Å²) in [4.78, 5) is 16.1. The van der Waals surface area contributed by atoms with Gasteiger partial charge in [0.25, 0.3) is 5.56 Å². The van der Waals surface area contributed by atoms with Crippen LogP contribution < -0.4 is 16.6 Å². The molecular weight excluding hydrogens is 228 g/mol. The first-order valence-electron chi connectivity index (χ1n) is 6.70. The Morgan fingerprint density at radius 2 is 2.22 bits per heavy atom. The van der Waals surface area contributed by atoms with E-state index in [9.17, 15) is 4.79 Å². The topological polar surface area (TPSA) is 72.9 Å². The average molecular weight is 250 g/mol. The van der Waals surface area contributed by atoms with Gasteiger partial charge in [-0.3, -0.25) is 4.79 Å². The predicted molar refractivity (Wildman–Crippen MR) is 72.6 cm³/mol. The van der Waals surface area contributed by atoms with E-state index in [0.717, 1.165) is 19.4 Å². The third-order valence-electron chi connectivity index (χ3n) is 3.98. The molecule has 0 atom stereocenters. The fourth-order valence-electron chi connectivity index (χ4n) is 2.67. The quantitative estimate of drug-likeness (QED) is 0.823. The molecule has 1 aromatic rings. The van der Waals surface area contributed by atoms with Crippen molar-refractivity contribution >= 4 is 5.82 Å². The molecule has 3 N–H and O–H groups in total. The maximum Gasteiger partial charge on any atom is 0.293 e. The predicted octanol–water partition coefficient (Wildman–Crippen LogP) is 1.19. The van der Waals surface area contributed by atoms with Crippen LogP contribution in [0.2, 0.25) is 0 Å². The molecule has 0 aliphatic heterocycles. The number of rotatable bonds is 5. The second-order valence-electron chi connectivity index (χ2n) is 5.13. The van der Waals surface area contributed by atoms with Gasteiger partial charge >= 0.3 is 0 Å². The molecule has 2 rings (SSSR count). The lowest BCUT2D eigenvalue weighted by Crippen LogP contribution is -2.36. The molecular formula is C13H22N4O. The Labute approximate surface area is 107 Å². The number of hydrogen-bond acceptors (Lipinski definition) is 4. The third kappa shape index (κ3) is 2.56. The maximum absolute atomic E-state index is 12.0. The van der Waals surface area contributed by atoms with Gasteiger partial charge in [-0.25, -0.2) is 4.98 Å². The number of anilines is 1. The SMILES string of the molecule is CCn1ccnc(NCC2(CN)CCCC2)c1=O. The Morgan fingerprint density at radius 1 is 1.50 bits per heavy atom. The summed E-state index contributed by atoms with van der Waals surface area (Å²) < 4.78 is 1.65. The standard InChI is InChI=1S/C13H22N4O/c1-2-17-8-7-15-11(12(17)18)16-10-13(9-14)5-3-4-6-13/h7-8H,2-6,9-10,14H2,1H3,(H,15,16). The average Bonchev–Trinajstić information content (AvgIpc) is 2.87. The first-order valence-corrected chi connectivity index (χ1v) is 6.70. The fourth-order valence-corrected chi connectivity index (χ4v) is 2.67. The van der Waals surface area contributed by atoms with Crippen molar-refractivity contribution in [2.24, 2.45) is 11.1 Å². The van der Waals surface area contributed by atoms with Crippen molar-refractivity contribution in [3.8, 4) is 0 Å². The largest absolute Gasteiger partial charge is 0.365 e. The molecule has 0 spiro atoms. The van der Waals surface area contributed by atoms with E-state index in [1.54, 1.807) is 17.0 Å². The van der Waals surface area contributed by atoms with Crippen LogP contribution in [0.1, 0.15) is 32.6 Å². The zero-order valence-electron chi connectivity index (χ0n) is 11.0. The van der Waals surface area contributed by atoms with Crippen molar-refractivity contribution in [2.45, 2.75) is 39.2 Å². The fraction of sp³-hybridized carbons (Fsp3) is 0.692. The van der Waals surface area contributed by atoms with Gasteiger partial charge in [0, 0.05) is 25.5 Å². The molecule has 1 aliphatic carbocycles. The van der Waals surface area contributed by atoms with Gasteiger partial charge in [0.2, 0.25) is 0 Å². The summed E-state index contributed by atoms with van der Waals surface area (Å²) in [6.07, 6.45) is 8.13. The maximum atomic E-state index is 12.0. The molecule has 1 aromatic heterocycles. The van der Waals surface area contributed by atoms with Gasteiger partial charge in [-0.1, -0.05) is 12.8 Å². The molecule has 0 aromatic carbocycles. The minimum atomic E-state index is -0.0508. The number of hydrogen-bond donors (Lipinski definition) is 2. The minimum Gasteiger partial charge on any atom is -0.365 e. The number of nitrogens with one attached hydrogen (secondary N) is 1. The van der Waals surface area contributed by atoms with Crippen molar-refractivity contribution < 1.29 is 0 Å². The molecule has 1 heterocycles. The van der Waals surface area contributed by atoms with Crippen molar-refractivity contribution in [1.82, 2.24) is 9.55 Å². The molecule has 0 bridgehead atoms. The molecule has 5 heteroatoms. The summed E-state index contributed by atoms with van der Waals surface area (Å²) >= 11 is 0. The van der Waals surface area contributed by atoms with Gasteiger partial charge in [-0.15, -0.1) is 0 Å². The van der Waals surface area contributed by atoms with E-state index in [1.165, 1.54) is 12.8 Å². The Hall–Kier alpha value is -1.36. The lowest BCUT2D eigenvalue weighted by molar-refractivity contribution is 0.331. The van der Waals surface area contributed by atoms with Gasteiger partial charge in [0.05, 0.1) is 0 Å². The molecule has 1 aliphatic rings. The molecule has 18 heavy (non-hydrogen) atoms. The summed E-state index contributed by atoms with van der Waals surface area (Å²) in [5, 5.41) is 3.20. The van der Waals surface area contributed by atoms with Crippen LogP contribution in [-0.4, -0.2) is 22.6 Å². The van der Waals surface area contributed by atoms with Crippen LogP contribution in [-0.2, 0) is 6.54 Å². The first kappa shape index (κ1) is 13.1. The molecule has 0 saturated heterocycles. The number of aryl methyl sites for hydroxylation is 1. The highest BCUT2D eigenvalue weighted by Gasteiger charge is 2.32. The number of nitrogens with two attached hydrogens (primary N) is 1. The molecule has 1 saturated carbocycles. The van der Waals surface area contributed by atoms with Crippen molar-refractivity contribution in [1.29, 1.82) is 0 Å². The number of nitrogens with zero attached hydrogens (tertiary/aromatic N) is 2. The highest BCUT2D eigenvalue weighted by molar-refractivity contribution is 5.31. The van der Waals surface area contributed by atoms with Crippen molar-refractivity contribution in [3.63, 3.8) is 0 Å². The highest BCUT2D eigenvalue weighted by Crippen LogP contribution is 2.36. The Bertz CT molecular complexity index is 449. The van der Waals surface area contributed by atoms with Crippen LogP contribution >= 0.6 is 0 Å². The van der Waals surface area contributed by atoms with E-state index in [2.05, 4.69) is 10.3 Å². The molecule has 0 unspecified atom stereocenters. The number of aromatic nitrogens is 2. The van der Waals surface area contributed by atoms with Crippen molar-refractivity contribution in [2.75, 3.05) is 18.4 Å². The van der Waals surface area contributed by atoms with Crippen LogP contribution in [0.25, 0.3) is 0 Å². The van der Waals surface area contributed by atoms with Crippen LogP contribution in [0.4, 0.5) is 5.82 Å². The van der Waals surface area contributed by atoms with Gasteiger partial charge in [-0.2, -0.15) is 0 Å². The van der Waals surface area contributed by atoms with Crippen LogP contribution in [0.3, 0.4) is 0 Å². The molecule has 0 amide bonds. The van der Waals surface area contributed by atoms with Crippen LogP contribution in [0.15, 0.2) is 17.2 Å². The zero-order chi connectivity index (χ0) is 13.0. The Balaban J connectivity index is 2.08. The normalized spacial score (nSPS) is 17.9. The van der Waals surface area contributed by atoms with Gasteiger partial charge in [0.15, 0.2) is 5.82 Å². The van der Waals surface area contributed by atoms with E-state index in [-0.39, 0.29) is 11.0 Å². The van der Waals surface area contributed by atoms with Gasteiger partial charge in [0.1, 0.15) is 0 Å². The summed E-state index contributed by atoms with van der Waals surface area (Å²) in [5.74, 6) is 0.444. The first-order chi connectivity index (χ1) is 8.71. The Morgan fingerprint density at radius 3 is 2.83 bits per heavy atom. The third-order valence-corrected chi connectivity index (χ3v) is 3.98. The van der Waals surface area contributed by atoms with E-state index in [0.29, 0.717) is 18.9 Å². The smallest absolute Gasteiger partial charge is 0.293 e. The lowest BCUT2D eigenvalue weighted by Gasteiger charge is -2.27. The summed E-state index contributed by atoms with van der Waals surface area (Å²) in [5.41, 5.74) is 5.99. The molecule has 1 fully saturated rings. The minimum absolute atomic E-state index is 0.0508. The summed E-state index contributed by atoms with van der Waals surface area (Å²) in [7, 11) is 0. The zero-order valence-corrected chi connectivity index (χ0v) is 11.0. The monoisotopic (exact) mass is 250 g/mol. The van der Waals surface area contributed by atoms with E-state index in [1.807, 2.05) is 6.92 Å². The summed E-state index contributed by atoms with van der Waals surface area (Å²) in [6.45, 7) is 4.04. The molecule has 0 radical (unpaired) electrons. The molecule has 100 valence electrons. The van der Waals surface area contributed by atoms with Crippen molar-refractivity contribution in [3.05, 3.63) is 22.7 Å². The molecule has 5 nitrogen and oxygen atoms in total. The van der Waals surface area contributed by atoms with E-state index < -0.39 is 0 Å². The van der Waals surface area contributed by atoms with Gasteiger partial charge < -0.3 is 15.6 Å². The van der Waals surface area contributed by atoms with E-state index in [4.69, 9.17) is 5.73 Å².